The van der Waals surface area contributed by atoms with E-state index in [1.54, 1.807) is 0 Å². The molecule has 0 radical (unpaired) electrons. The van der Waals surface area contributed by atoms with Crippen LogP contribution in [0.3, 0.4) is 0 Å². The molecule has 0 bridgehead atoms. The lowest BCUT2D eigenvalue weighted by Crippen LogP contribution is -2.59. The highest BCUT2D eigenvalue weighted by molar-refractivity contribution is 5.66. The number of aliphatic hydroxyl groups is 2. The molecule has 6 atom stereocenters. The van der Waals surface area contributed by atoms with Gasteiger partial charge in [-0.3, -0.25) is 4.79 Å². The second-order valence-corrected chi connectivity index (χ2v) is 9.11. The van der Waals surface area contributed by atoms with Gasteiger partial charge in [0.05, 0.1) is 12.2 Å². The third-order valence-corrected chi connectivity index (χ3v) is 6.96. The SMILES string of the molecule is CC1=CC[C@@H]2C(C)(C)[C@H](O)[C@H](O)C[C@]2(C)[C@H]1CC[C@H](C)CC(=O)O. The van der Waals surface area contributed by atoms with E-state index in [-0.39, 0.29) is 23.2 Å². The molecule has 2 aliphatic rings. The lowest BCUT2D eigenvalue weighted by molar-refractivity contribution is -0.174. The summed E-state index contributed by atoms with van der Waals surface area (Å²) in [7, 11) is 0. The molecule has 0 aromatic carbocycles. The average molecular weight is 338 g/mol. The molecule has 3 N–H and O–H groups in total. The van der Waals surface area contributed by atoms with Crippen LogP contribution in [-0.2, 0) is 4.79 Å². The molecule has 0 aromatic rings. The molecular formula is C20H34O4. The van der Waals surface area contributed by atoms with Crippen LogP contribution in [0.1, 0.15) is 66.7 Å². The molecule has 0 unspecified atom stereocenters. The average Bonchev–Trinajstić information content (AvgIpc) is 2.43. The van der Waals surface area contributed by atoms with E-state index in [0.29, 0.717) is 18.3 Å². The number of hydrogen-bond acceptors (Lipinski definition) is 3. The highest BCUT2D eigenvalue weighted by Gasteiger charge is 2.57. The summed E-state index contributed by atoms with van der Waals surface area (Å²) >= 11 is 0. The van der Waals surface area contributed by atoms with Crippen molar-refractivity contribution in [2.24, 2.45) is 28.6 Å². The molecule has 0 aliphatic heterocycles. The Morgan fingerprint density at radius 2 is 1.96 bits per heavy atom. The van der Waals surface area contributed by atoms with E-state index in [9.17, 15) is 15.0 Å². The van der Waals surface area contributed by atoms with E-state index in [0.717, 1.165) is 19.3 Å². The van der Waals surface area contributed by atoms with Crippen LogP contribution in [0, 0.1) is 28.6 Å². The van der Waals surface area contributed by atoms with E-state index in [1.165, 1.54) is 5.57 Å². The predicted molar refractivity (Wildman–Crippen MR) is 94.5 cm³/mol. The van der Waals surface area contributed by atoms with Gasteiger partial charge in [0.2, 0.25) is 0 Å². The highest BCUT2D eigenvalue weighted by atomic mass is 16.4. The van der Waals surface area contributed by atoms with Gasteiger partial charge in [-0.15, -0.1) is 0 Å². The van der Waals surface area contributed by atoms with Crippen LogP contribution in [0.15, 0.2) is 11.6 Å². The third-order valence-electron chi connectivity index (χ3n) is 6.96. The summed E-state index contributed by atoms with van der Waals surface area (Å²) in [5, 5.41) is 29.9. The van der Waals surface area contributed by atoms with E-state index in [4.69, 9.17) is 5.11 Å². The van der Waals surface area contributed by atoms with Gasteiger partial charge in [0.1, 0.15) is 0 Å². The van der Waals surface area contributed by atoms with Crippen molar-refractivity contribution in [3.05, 3.63) is 11.6 Å². The quantitative estimate of drug-likeness (QED) is 0.669. The molecular weight excluding hydrogens is 304 g/mol. The van der Waals surface area contributed by atoms with Crippen LogP contribution in [-0.4, -0.2) is 33.5 Å². The number of hydrogen-bond donors (Lipinski definition) is 3. The Morgan fingerprint density at radius 3 is 2.54 bits per heavy atom. The third kappa shape index (κ3) is 3.41. The maximum absolute atomic E-state index is 10.9. The van der Waals surface area contributed by atoms with Gasteiger partial charge >= 0.3 is 5.97 Å². The van der Waals surface area contributed by atoms with Gasteiger partial charge in [-0.25, -0.2) is 0 Å². The lowest BCUT2D eigenvalue weighted by atomic mass is 9.46. The summed E-state index contributed by atoms with van der Waals surface area (Å²) in [5.74, 6) is 0.0898. The summed E-state index contributed by atoms with van der Waals surface area (Å²) in [4.78, 5) is 10.9. The number of fused-ring (bicyclic) bond motifs is 1. The van der Waals surface area contributed by atoms with Gasteiger partial charge in [-0.2, -0.15) is 0 Å². The Kier molecular flexibility index (Phi) is 5.51. The van der Waals surface area contributed by atoms with Crippen LogP contribution in [0.25, 0.3) is 0 Å². The molecule has 4 nitrogen and oxygen atoms in total. The van der Waals surface area contributed by atoms with Gasteiger partial charge in [0.15, 0.2) is 0 Å². The molecule has 24 heavy (non-hydrogen) atoms. The standard InChI is InChI=1S/C20H34O4/c1-12(10-17(22)23)6-8-14-13(2)7-9-16-19(3,4)18(24)15(21)11-20(14,16)5/h7,12,14-16,18,21,24H,6,8-11H2,1-5H3,(H,22,23)/t12-,14-,15+,16+,18+,20+/m0/s1. The van der Waals surface area contributed by atoms with Crippen molar-refractivity contribution in [3.8, 4) is 0 Å². The van der Waals surface area contributed by atoms with E-state index in [2.05, 4.69) is 33.8 Å². The zero-order valence-corrected chi connectivity index (χ0v) is 15.7. The van der Waals surface area contributed by atoms with Crippen molar-refractivity contribution in [1.82, 2.24) is 0 Å². The zero-order valence-electron chi connectivity index (χ0n) is 15.7. The van der Waals surface area contributed by atoms with E-state index in [1.807, 2.05) is 6.92 Å². The smallest absolute Gasteiger partial charge is 0.303 e. The van der Waals surface area contributed by atoms with Crippen molar-refractivity contribution < 1.29 is 20.1 Å². The Morgan fingerprint density at radius 1 is 1.33 bits per heavy atom. The number of carbonyl (C=O) groups is 1. The molecule has 1 fully saturated rings. The van der Waals surface area contributed by atoms with Crippen LogP contribution in [0.4, 0.5) is 0 Å². The molecule has 0 spiro atoms. The number of rotatable bonds is 5. The second-order valence-electron chi connectivity index (χ2n) is 9.11. The number of aliphatic carboxylic acids is 1. The normalized spacial score (nSPS) is 39.7. The highest BCUT2D eigenvalue weighted by Crippen LogP contribution is 2.60. The minimum Gasteiger partial charge on any atom is -0.481 e. The fraction of sp³-hybridized carbons (Fsp3) is 0.850. The zero-order chi connectivity index (χ0) is 18.3. The van der Waals surface area contributed by atoms with Gasteiger partial charge in [0, 0.05) is 6.42 Å². The number of allylic oxidation sites excluding steroid dienone is 2. The molecule has 4 heteroatoms. The topological polar surface area (TPSA) is 77.8 Å². The maximum Gasteiger partial charge on any atom is 0.303 e. The van der Waals surface area contributed by atoms with E-state index >= 15 is 0 Å². The van der Waals surface area contributed by atoms with Gasteiger partial charge in [-0.1, -0.05) is 39.3 Å². The number of aliphatic hydroxyl groups excluding tert-OH is 2. The Hall–Kier alpha value is -0.870. The minimum atomic E-state index is -0.736. The molecule has 2 rings (SSSR count). The van der Waals surface area contributed by atoms with Gasteiger partial charge < -0.3 is 15.3 Å². The summed E-state index contributed by atoms with van der Waals surface area (Å²) in [6.07, 6.45) is 4.52. The first-order chi connectivity index (χ1) is 11.0. The maximum atomic E-state index is 10.9. The van der Waals surface area contributed by atoms with Gasteiger partial charge in [0.25, 0.3) is 0 Å². The summed E-state index contributed by atoms with van der Waals surface area (Å²) in [6, 6.07) is 0. The monoisotopic (exact) mass is 338 g/mol. The molecule has 2 aliphatic carbocycles. The van der Waals surface area contributed by atoms with Gasteiger partial charge in [-0.05, 0) is 61.2 Å². The number of carboxylic acids is 1. The van der Waals surface area contributed by atoms with E-state index < -0.39 is 18.2 Å². The summed E-state index contributed by atoms with van der Waals surface area (Å²) in [6.45, 7) is 10.6. The van der Waals surface area contributed by atoms with Crippen molar-refractivity contribution in [2.75, 3.05) is 0 Å². The number of carboxylic acid groups (broad SMARTS) is 1. The lowest BCUT2D eigenvalue weighted by Gasteiger charge is -2.59. The van der Waals surface area contributed by atoms with Crippen LogP contribution < -0.4 is 0 Å². The predicted octanol–water partition coefficient (Wildman–Crippen LogP) is 3.62. The van der Waals surface area contributed by atoms with Crippen molar-refractivity contribution in [1.29, 1.82) is 0 Å². The fourth-order valence-corrected chi connectivity index (χ4v) is 5.59. The second kappa shape index (κ2) is 6.80. The van der Waals surface area contributed by atoms with Crippen molar-refractivity contribution in [3.63, 3.8) is 0 Å². The Labute approximate surface area is 146 Å². The first kappa shape index (κ1) is 19.5. The Balaban J connectivity index is 2.22. The Bertz CT molecular complexity index is 510. The molecule has 1 saturated carbocycles. The van der Waals surface area contributed by atoms with Crippen LogP contribution >= 0.6 is 0 Å². The van der Waals surface area contributed by atoms with Crippen molar-refractivity contribution >= 4 is 5.97 Å². The summed E-state index contributed by atoms with van der Waals surface area (Å²) < 4.78 is 0. The molecule has 138 valence electrons. The molecule has 0 heterocycles. The first-order valence-electron chi connectivity index (χ1n) is 9.24. The fourth-order valence-electron chi connectivity index (χ4n) is 5.59. The van der Waals surface area contributed by atoms with Crippen LogP contribution in [0.2, 0.25) is 0 Å². The minimum absolute atomic E-state index is 0.0517. The van der Waals surface area contributed by atoms with Crippen molar-refractivity contribution in [2.45, 2.75) is 78.9 Å². The molecule has 0 aromatic heterocycles. The molecule has 0 saturated heterocycles. The summed E-state index contributed by atoms with van der Waals surface area (Å²) in [5.41, 5.74) is 0.981. The van der Waals surface area contributed by atoms with Crippen LogP contribution in [0.5, 0.6) is 0 Å². The largest absolute Gasteiger partial charge is 0.481 e. The first-order valence-corrected chi connectivity index (χ1v) is 9.24. The molecule has 0 amide bonds.